The van der Waals surface area contributed by atoms with Crippen LogP contribution in [0.2, 0.25) is 0 Å². The first-order valence-electron chi connectivity index (χ1n) is 10.2. The van der Waals surface area contributed by atoms with Gasteiger partial charge < -0.3 is 15.3 Å². The number of carbonyl (C=O) groups is 1. The Morgan fingerprint density at radius 2 is 1.96 bits per heavy atom. The first-order valence-corrected chi connectivity index (χ1v) is 10.2. The molecular formula is C22H30F2O4. The lowest BCUT2D eigenvalue weighted by molar-refractivity contribution is -0.223. The van der Waals surface area contributed by atoms with Gasteiger partial charge in [0, 0.05) is 16.7 Å². The third kappa shape index (κ3) is 2.02. The van der Waals surface area contributed by atoms with Crippen molar-refractivity contribution in [1.29, 1.82) is 0 Å². The monoisotopic (exact) mass is 396 g/mol. The third-order valence-electron chi connectivity index (χ3n) is 8.83. The van der Waals surface area contributed by atoms with Gasteiger partial charge in [0.15, 0.2) is 11.5 Å². The molecule has 9 atom stereocenters. The quantitative estimate of drug-likeness (QED) is 0.627. The van der Waals surface area contributed by atoms with Gasteiger partial charge in [0.25, 0.3) is 0 Å². The summed E-state index contributed by atoms with van der Waals surface area (Å²) in [5, 5.41) is 31.9. The van der Waals surface area contributed by atoms with Crippen molar-refractivity contribution in [2.24, 2.45) is 28.6 Å². The molecule has 0 aromatic carbocycles. The molecule has 0 aromatic rings. The van der Waals surface area contributed by atoms with E-state index in [-0.39, 0.29) is 12.8 Å². The molecule has 28 heavy (non-hydrogen) atoms. The first kappa shape index (κ1) is 20.2. The zero-order valence-electron chi connectivity index (χ0n) is 16.7. The van der Waals surface area contributed by atoms with Gasteiger partial charge in [-0.15, -0.1) is 0 Å². The van der Waals surface area contributed by atoms with Gasteiger partial charge in [0.1, 0.15) is 18.4 Å². The van der Waals surface area contributed by atoms with E-state index in [1.807, 2.05) is 6.08 Å². The van der Waals surface area contributed by atoms with E-state index in [0.29, 0.717) is 18.4 Å². The Labute approximate surface area is 164 Å². The minimum atomic E-state index is -2.07. The normalized spacial score (nSPS) is 55.1. The van der Waals surface area contributed by atoms with Crippen molar-refractivity contribution in [3.05, 3.63) is 23.8 Å². The zero-order valence-corrected chi connectivity index (χ0v) is 16.7. The van der Waals surface area contributed by atoms with Gasteiger partial charge in [0.05, 0.1) is 6.10 Å². The van der Waals surface area contributed by atoms with Gasteiger partial charge in [-0.3, -0.25) is 4.79 Å². The Hall–Kier alpha value is -1.11. The van der Waals surface area contributed by atoms with Crippen LogP contribution in [0.15, 0.2) is 23.8 Å². The van der Waals surface area contributed by atoms with Crippen molar-refractivity contribution in [3.63, 3.8) is 0 Å². The Morgan fingerprint density at radius 3 is 2.61 bits per heavy atom. The molecule has 0 aliphatic heterocycles. The Bertz CT molecular complexity index is 766. The smallest absolute Gasteiger partial charge is 0.190 e. The number of hydrogen-bond donors (Lipinski definition) is 3. The summed E-state index contributed by atoms with van der Waals surface area (Å²) in [6.07, 6.45) is 3.18. The van der Waals surface area contributed by atoms with E-state index >= 15 is 8.78 Å². The number of rotatable bonds is 2. The molecule has 3 N–H and O–H groups in total. The van der Waals surface area contributed by atoms with Crippen molar-refractivity contribution in [3.8, 4) is 0 Å². The molecule has 3 saturated carbocycles. The summed E-state index contributed by atoms with van der Waals surface area (Å²) in [6, 6.07) is 0. The second-order valence-electron chi connectivity index (χ2n) is 9.81. The van der Waals surface area contributed by atoms with E-state index in [9.17, 15) is 20.1 Å². The Balaban J connectivity index is 1.86. The number of halogens is 2. The van der Waals surface area contributed by atoms with Gasteiger partial charge in [-0.1, -0.05) is 32.1 Å². The number of fused-ring (bicyclic) bond motifs is 5. The van der Waals surface area contributed by atoms with Crippen LogP contribution in [0, 0.1) is 28.6 Å². The summed E-state index contributed by atoms with van der Waals surface area (Å²) in [7, 11) is 0. The van der Waals surface area contributed by atoms with E-state index in [1.165, 1.54) is 0 Å². The fourth-order valence-electron chi connectivity index (χ4n) is 7.40. The summed E-state index contributed by atoms with van der Waals surface area (Å²) >= 11 is 0. The van der Waals surface area contributed by atoms with Gasteiger partial charge in [-0.25, -0.2) is 8.78 Å². The summed E-state index contributed by atoms with van der Waals surface area (Å²) in [4.78, 5) is 12.5. The number of hydrogen-bond acceptors (Lipinski definition) is 4. The number of alkyl halides is 2. The Morgan fingerprint density at radius 1 is 1.29 bits per heavy atom. The standard InChI is InChI=1S/C22H30F2O4/c1-12-8-14-15-9-16(23)13-6-4-5-7-19(13,2)21(15,24)17(26)10-20(14,3)22(12,28)18(27)11-25/h5-7,12,14-17,25-26,28H,4,8-11H2,1-3H3/t12-,14-,15-,16-,17-,19-,20-,21-,22-/m0/s1. The van der Waals surface area contributed by atoms with E-state index in [1.54, 1.807) is 32.9 Å². The minimum Gasteiger partial charge on any atom is -0.390 e. The number of ketones is 1. The van der Waals surface area contributed by atoms with Crippen LogP contribution in [0.25, 0.3) is 0 Å². The molecule has 0 bridgehead atoms. The van der Waals surface area contributed by atoms with Crippen molar-refractivity contribution in [1.82, 2.24) is 0 Å². The molecule has 0 radical (unpaired) electrons. The summed E-state index contributed by atoms with van der Waals surface area (Å²) in [5.41, 5.74) is -5.92. The maximum Gasteiger partial charge on any atom is 0.190 e. The molecule has 0 saturated heterocycles. The van der Waals surface area contributed by atoms with Gasteiger partial charge >= 0.3 is 0 Å². The molecule has 156 valence electrons. The lowest BCUT2D eigenvalue weighted by Gasteiger charge is -2.63. The highest BCUT2D eigenvalue weighted by atomic mass is 19.1. The first-order chi connectivity index (χ1) is 13.0. The predicted molar refractivity (Wildman–Crippen MR) is 99.8 cm³/mol. The average Bonchev–Trinajstić information content (AvgIpc) is 2.85. The number of carbonyl (C=O) groups excluding carboxylic acids is 1. The van der Waals surface area contributed by atoms with Crippen LogP contribution in [0.5, 0.6) is 0 Å². The number of Topliss-reactive ketones (excluding diaryl/α,β-unsaturated/α-hetero) is 1. The summed E-state index contributed by atoms with van der Waals surface area (Å²) < 4.78 is 32.1. The molecule has 4 aliphatic carbocycles. The van der Waals surface area contributed by atoms with Gasteiger partial charge in [0.2, 0.25) is 0 Å². The SMILES string of the molecule is C[C@H]1C[C@H]2[C@@H]3C[C@H](F)C4=CCC=C[C@]4(C)[C@@]3(F)[C@@H](O)C[C@]2(C)[C@@]1(O)C(=O)CO. The van der Waals surface area contributed by atoms with E-state index < -0.39 is 64.5 Å². The van der Waals surface area contributed by atoms with Crippen molar-refractivity contribution >= 4 is 5.78 Å². The number of aliphatic hydroxyl groups excluding tert-OH is 2. The molecule has 4 aliphatic rings. The van der Waals surface area contributed by atoms with Crippen molar-refractivity contribution < 1.29 is 28.9 Å². The maximum atomic E-state index is 16.8. The molecule has 4 nitrogen and oxygen atoms in total. The highest BCUT2D eigenvalue weighted by Crippen LogP contribution is 2.70. The maximum absolute atomic E-state index is 16.8. The summed E-state index contributed by atoms with van der Waals surface area (Å²) in [5.74, 6) is -2.52. The molecule has 3 fully saturated rings. The van der Waals surface area contributed by atoms with Crippen LogP contribution in [0.1, 0.15) is 46.5 Å². The number of allylic oxidation sites excluding steroid dienone is 4. The molecule has 0 heterocycles. The van der Waals surface area contributed by atoms with Crippen LogP contribution < -0.4 is 0 Å². The minimum absolute atomic E-state index is 0.0702. The lowest BCUT2D eigenvalue weighted by Crippen LogP contribution is -2.70. The second-order valence-corrected chi connectivity index (χ2v) is 9.81. The molecule has 0 aromatic heterocycles. The van der Waals surface area contributed by atoms with Crippen LogP contribution >= 0.6 is 0 Å². The van der Waals surface area contributed by atoms with Crippen molar-refractivity contribution in [2.75, 3.05) is 6.61 Å². The van der Waals surface area contributed by atoms with Crippen molar-refractivity contribution in [2.45, 2.75) is 70.0 Å². The van der Waals surface area contributed by atoms with Gasteiger partial charge in [-0.05, 0) is 50.0 Å². The topological polar surface area (TPSA) is 77.8 Å². The molecule has 6 heteroatoms. The largest absolute Gasteiger partial charge is 0.390 e. The third-order valence-corrected chi connectivity index (χ3v) is 8.83. The second kappa shape index (κ2) is 5.96. The van der Waals surface area contributed by atoms with Crippen LogP contribution in [0.4, 0.5) is 8.78 Å². The van der Waals surface area contributed by atoms with Gasteiger partial charge in [-0.2, -0.15) is 0 Å². The summed E-state index contributed by atoms with van der Waals surface area (Å²) in [6.45, 7) is 4.24. The van der Waals surface area contributed by atoms with Crippen LogP contribution in [-0.2, 0) is 4.79 Å². The predicted octanol–water partition coefficient (Wildman–Crippen LogP) is 2.66. The fraction of sp³-hybridized carbons (Fsp3) is 0.773. The molecule has 4 rings (SSSR count). The highest BCUT2D eigenvalue weighted by molar-refractivity contribution is 5.90. The van der Waals surface area contributed by atoms with Crippen LogP contribution in [0.3, 0.4) is 0 Å². The van der Waals surface area contributed by atoms with E-state index in [2.05, 4.69) is 0 Å². The fourth-order valence-corrected chi connectivity index (χ4v) is 7.40. The van der Waals surface area contributed by atoms with Crippen LogP contribution in [-0.4, -0.2) is 51.3 Å². The Kier molecular flexibility index (Phi) is 4.29. The molecule has 0 amide bonds. The molecule has 0 spiro atoms. The van der Waals surface area contributed by atoms with E-state index in [0.717, 1.165) is 0 Å². The average molecular weight is 396 g/mol. The zero-order chi connectivity index (χ0) is 20.7. The van der Waals surface area contributed by atoms with E-state index in [4.69, 9.17) is 0 Å². The molecular weight excluding hydrogens is 366 g/mol. The number of aliphatic hydroxyl groups is 3. The highest BCUT2D eigenvalue weighted by Gasteiger charge is 2.76. The lowest BCUT2D eigenvalue weighted by atomic mass is 9.44. The molecule has 0 unspecified atom stereocenters.